The van der Waals surface area contributed by atoms with Crippen molar-refractivity contribution in [1.82, 2.24) is 5.32 Å². The lowest BCUT2D eigenvalue weighted by atomic mass is 10.0. The number of benzene rings is 1. The smallest absolute Gasteiger partial charge is 0.125 e. The second kappa shape index (κ2) is 5.89. The van der Waals surface area contributed by atoms with Crippen LogP contribution in [0.3, 0.4) is 0 Å². The molecule has 0 saturated heterocycles. The number of hydrogen-bond donors (Lipinski definition) is 1. The first-order chi connectivity index (χ1) is 8.67. The van der Waals surface area contributed by atoms with Crippen LogP contribution < -0.4 is 5.32 Å². The molecule has 2 aromatic rings. The van der Waals surface area contributed by atoms with Crippen LogP contribution in [0.25, 0.3) is 0 Å². The molecule has 0 aliphatic rings. The number of nitrogens with one attached hydrogen (secondary N) is 1. The van der Waals surface area contributed by atoms with E-state index in [1.165, 1.54) is 14.7 Å². The van der Waals surface area contributed by atoms with E-state index in [4.69, 9.17) is 4.42 Å². The number of rotatable bonds is 4. The van der Waals surface area contributed by atoms with Gasteiger partial charge in [0, 0.05) is 9.99 Å². The monoisotopic (exact) mass is 355 g/mol. The normalized spacial score (nSPS) is 12.7. The molecule has 96 valence electrons. The molecular formula is C15H18INO. The van der Waals surface area contributed by atoms with Gasteiger partial charge in [-0.1, -0.05) is 25.1 Å². The van der Waals surface area contributed by atoms with Gasteiger partial charge in [-0.25, -0.2) is 0 Å². The van der Waals surface area contributed by atoms with Gasteiger partial charge in [-0.2, -0.15) is 0 Å². The lowest BCUT2D eigenvalue weighted by Crippen LogP contribution is -2.18. The lowest BCUT2D eigenvalue weighted by molar-refractivity contribution is 0.433. The van der Waals surface area contributed by atoms with E-state index in [0.29, 0.717) is 0 Å². The predicted molar refractivity (Wildman–Crippen MR) is 82.9 cm³/mol. The molecule has 0 spiro atoms. The second-order valence-corrected chi connectivity index (χ2v) is 5.44. The standard InChI is InChI=1S/C15H18INO/c1-4-11-8-9-13(18-11)15(17-3)12-7-5-6-10(2)14(12)16/h5-9,15,17H,4H2,1-3H3. The Morgan fingerprint density at radius 1 is 1.28 bits per heavy atom. The van der Waals surface area contributed by atoms with Crippen molar-refractivity contribution in [2.45, 2.75) is 26.3 Å². The van der Waals surface area contributed by atoms with Crippen LogP contribution in [0, 0.1) is 10.5 Å². The van der Waals surface area contributed by atoms with Crippen LogP contribution in [0.1, 0.15) is 35.6 Å². The maximum absolute atomic E-state index is 5.87. The van der Waals surface area contributed by atoms with Crippen LogP contribution >= 0.6 is 22.6 Å². The van der Waals surface area contributed by atoms with Gasteiger partial charge in [-0.05, 0) is 59.8 Å². The summed E-state index contributed by atoms with van der Waals surface area (Å²) >= 11 is 2.40. The van der Waals surface area contributed by atoms with E-state index in [9.17, 15) is 0 Å². The molecule has 0 saturated carbocycles. The van der Waals surface area contributed by atoms with Crippen molar-refractivity contribution < 1.29 is 4.42 Å². The van der Waals surface area contributed by atoms with Crippen LogP contribution in [0.4, 0.5) is 0 Å². The molecule has 1 aromatic heterocycles. The maximum Gasteiger partial charge on any atom is 0.125 e. The molecule has 0 aliphatic carbocycles. The molecule has 1 atom stereocenters. The average molecular weight is 355 g/mol. The summed E-state index contributed by atoms with van der Waals surface area (Å²) in [6, 6.07) is 10.6. The van der Waals surface area contributed by atoms with E-state index in [0.717, 1.165) is 17.9 Å². The van der Waals surface area contributed by atoms with E-state index in [1.54, 1.807) is 0 Å². The Morgan fingerprint density at radius 3 is 2.67 bits per heavy atom. The summed E-state index contributed by atoms with van der Waals surface area (Å²) in [6.45, 7) is 4.24. The summed E-state index contributed by atoms with van der Waals surface area (Å²) in [5.74, 6) is 2.02. The van der Waals surface area contributed by atoms with Gasteiger partial charge in [-0.15, -0.1) is 0 Å². The molecule has 1 heterocycles. The molecule has 0 bridgehead atoms. The van der Waals surface area contributed by atoms with Crippen molar-refractivity contribution in [3.05, 3.63) is 56.5 Å². The van der Waals surface area contributed by atoms with Gasteiger partial charge < -0.3 is 9.73 Å². The summed E-state index contributed by atoms with van der Waals surface area (Å²) in [4.78, 5) is 0. The van der Waals surface area contributed by atoms with Crippen molar-refractivity contribution in [3.8, 4) is 0 Å². The quantitative estimate of drug-likeness (QED) is 0.837. The molecule has 1 aromatic carbocycles. The van der Waals surface area contributed by atoms with E-state index in [2.05, 4.69) is 72.1 Å². The number of halogens is 1. The van der Waals surface area contributed by atoms with Crippen molar-refractivity contribution in [3.63, 3.8) is 0 Å². The highest BCUT2D eigenvalue weighted by Crippen LogP contribution is 2.29. The van der Waals surface area contributed by atoms with Crippen molar-refractivity contribution in [2.24, 2.45) is 0 Å². The van der Waals surface area contributed by atoms with Gasteiger partial charge >= 0.3 is 0 Å². The fourth-order valence-electron chi connectivity index (χ4n) is 2.08. The van der Waals surface area contributed by atoms with Crippen LogP contribution in [-0.2, 0) is 6.42 Å². The summed E-state index contributed by atoms with van der Waals surface area (Å²) in [5.41, 5.74) is 2.57. The van der Waals surface area contributed by atoms with Crippen molar-refractivity contribution in [2.75, 3.05) is 7.05 Å². The summed E-state index contributed by atoms with van der Waals surface area (Å²) in [7, 11) is 1.97. The van der Waals surface area contributed by atoms with Gasteiger partial charge in [-0.3, -0.25) is 0 Å². The molecule has 18 heavy (non-hydrogen) atoms. The lowest BCUT2D eigenvalue weighted by Gasteiger charge is -2.17. The SMILES string of the molecule is CCc1ccc(C(NC)c2cccc(C)c2I)o1. The van der Waals surface area contributed by atoms with Gasteiger partial charge in [0.05, 0.1) is 6.04 Å². The van der Waals surface area contributed by atoms with E-state index in [-0.39, 0.29) is 6.04 Å². The van der Waals surface area contributed by atoms with Crippen LogP contribution in [0.5, 0.6) is 0 Å². The first kappa shape index (κ1) is 13.6. The van der Waals surface area contributed by atoms with Gasteiger partial charge in [0.1, 0.15) is 11.5 Å². The Labute approximate surface area is 122 Å². The topological polar surface area (TPSA) is 25.2 Å². The van der Waals surface area contributed by atoms with E-state index < -0.39 is 0 Å². The molecule has 1 unspecified atom stereocenters. The zero-order valence-corrected chi connectivity index (χ0v) is 13.1. The van der Waals surface area contributed by atoms with Gasteiger partial charge in [0.2, 0.25) is 0 Å². The average Bonchev–Trinajstić information content (AvgIpc) is 2.84. The van der Waals surface area contributed by atoms with Gasteiger partial charge in [0.15, 0.2) is 0 Å². The number of hydrogen-bond acceptors (Lipinski definition) is 2. The van der Waals surface area contributed by atoms with E-state index in [1.807, 2.05) is 7.05 Å². The third-order valence-corrected chi connectivity index (χ3v) is 4.61. The first-order valence-electron chi connectivity index (χ1n) is 6.18. The van der Waals surface area contributed by atoms with E-state index >= 15 is 0 Å². The molecular weight excluding hydrogens is 337 g/mol. The Balaban J connectivity index is 2.41. The molecule has 2 nitrogen and oxygen atoms in total. The maximum atomic E-state index is 5.87. The number of aryl methyl sites for hydroxylation is 2. The Bertz CT molecular complexity index is 533. The van der Waals surface area contributed by atoms with Crippen molar-refractivity contribution >= 4 is 22.6 Å². The minimum atomic E-state index is 0.122. The molecule has 0 amide bonds. The minimum absolute atomic E-state index is 0.122. The molecule has 2 rings (SSSR count). The summed E-state index contributed by atoms with van der Waals surface area (Å²) in [5, 5.41) is 3.34. The molecule has 3 heteroatoms. The van der Waals surface area contributed by atoms with Crippen LogP contribution in [0.2, 0.25) is 0 Å². The fourth-order valence-corrected chi connectivity index (χ4v) is 2.75. The fraction of sp³-hybridized carbons (Fsp3) is 0.333. The highest BCUT2D eigenvalue weighted by Gasteiger charge is 2.18. The number of furan rings is 1. The third-order valence-electron chi connectivity index (χ3n) is 3.14. The Kier molecular flexibility index (Phi) is 4.45. The minimum Gasteiger partial charge on any atom is -0.464 e. The van der Waals surface area contributed by atoms with Crippen molar-refractivity contribution in [1.29, 1.82) is 0 Å². The molecule has 0 aliphatic heterocycles. The molecule has 0 radical (unpaired) electrons. The zero-order valence-electron chi connectivity index (χ0n) is 11.0. The second-order valence-electron chi connectivity index (χ2n) is 4.36. The molecule has 1 N–H and O–H groups in total. The zero-order chi connectivity index (χ0) is 13.1. The summed E-state index contributed by atoms with van der Waals surface area (Å²) < 4.78 is 7.16. The largest absolute Gasteiger partial charge is 0.464 e. The highest BCUT2D eigenvalue weighted by molar-refractivity contribution is 14.1. The third kappa shape index (κ3) is 2.62. The van der Waals surface area contributed by atoms with Crippen LogP contribution in [-0.4, -0.2) is 7.05 Å². The Morgan fingerprint density at radius 2 is 2.06 bits per heavy atom. The predicted octanol–water partition coefficient (Wildman–Crippen LogP) is 4.06. The summed E-state index contributed by atoms with van der Waals surface area (Å²) in [6.07, 6.45) is 0.932. The van der Waals surface area contributed by atoms with Crippen LogP contribution in [0.15, 0.2) is 34.7 Å². The molecule has 0 fully saturated rings. The first-order valence-corrected chi connectivity index (χ1v) is 7.26. The highest BCUT2D eigenvalue weighted by atomic mass is 127. The van der Waals surface area contributed by atoms with Gasteiger partial charge in [0.25, 0.3) is 0 Å². The Hall–Kier alpha value is -0.810.